The minimum absolute atomic E-state index is 0.0770. The van der Waals surface area contributed by atoms with E-state index in [-0.39, 0.29) is 22.6 Å². The maximum Gasteiger partial charge on any atom is 0.278 e. The van der Waals surface area contributed by atoms with Crippen LogP contribution in [0.1, 0.15) is 13.3 Å². The number of pyridine rings is 1. The molecule has 1 N–H and O–H groups in total. The van der Waals surface area contributed by atoms with Crippen molar-refractivity contribution in [3.05, 3.63) is 40.7 Å². The van der Waals surface area contributed by atoms with Gasteiger partial charge in [-0.2, -0.15) is 0 Å². The van der Waals surface area contributed by atoms with Gasteiger partial charge < -0.3 is 10.0 Å². The van der Waals surface area contributed by atoms with Crippen molar-refractivity contribution < 1.29 is 10.0 Å². The molecule has 110 valence electrons. The standard InChI is InChI=1S/C15H17N3O3/c1-10(19)11-5-7-17(9-11)14-2-3-15(18(20)21)13-8-16-6-4-12(13)14/h2-4,6,8,10-11,19H,5,7,9H2,1H3. The Balaban J connectivity index is 2.05. The quantitative estimate of drug-likeness (QED) is 0.692. The van der Waals surface area contributed by atoms with Crippen LogP contribution in [0, 0.1) is 16.0 Å². The van der Waals surface area contributed by atoms with Crippen molar-refractivity contribution in [2.24, 2.45) is 5.92 Å². The molecule has 1 aliphatic rings. The van der Waals surface area contributed by atoms with Crippen LogP contribution in [0.25, 0.3) is 10.8 Å². The van der Waals surface area contributed by atoms with Crippen LogP contribution in [-0.2, 0) is 0 Å². The van der Waals surface area contributed by atoms with Crippen molar-refractivity contribution in [1.29, 1.82) is 0 Å². The highest BCUT2D eigenvalue weighted by molar-refractivity contribution is 5.99. The number of anilines is 1. The number of hydrogen-bond donors (Lipinski definition) is 1. The lowest BCUT2D eigenvalue weighted by Crippen LogP contribution is -2.24. The molecule has 1 saturated heterocycles. The average Bonchev–Trinajstić information content (AvgIpc) is 2.95. The third kappa shape index (κ3) is 2.42. The van der Waals surface area contributed by atoms with Gasteiger partial charge in [0.15, 0.2) is 0 Å². The van der Waals surface area contributed by atoms with Crippen LogP contribution in [0.3, 0.4) is 0 Å². The van der Waals surface area contributed by atoms with Crippen molar-refractivity contribution >= 4 is 22.1 Å². The number of non-ortho nitro benzene ring substituents is 1. The van der Waals surface area contributed by atoms with E-state index in [0.29, 0.717) is 5.39 Å². The fourth-order valence-electron chi connectivity index (χ4n) is 2.99. The second kappa shape index (κ2) is 5.29. The van der Waals surface area contributed by atoms with Crippen LogP contribution in [0.2, 0.25) is 0 Å². The lowest BCUT2D eigenvalue weighted by Gasteiger charge is -2.21. The first-order chi connectivity index (χ1) is 10.1. The van der Waals surface area contributed by atoms with E-state index in [0.717, 1.165) is 30.6 Å². The second-order valence-corrected chi connectivity index (χ2v) is 5.52. The van der Waals surface area contributed by atoms with Crippen molar-refractivity contribution in [2.75, 3.05) is 18.0 Å². The largest absolute Gasteiger partial charge is 0.393 e. The fourth-order valence-corrected chi connectivity index (χ4v) is 2.99. The molecular weight excluding hydrogens is 270 g/mol. The first kappa shape index (κ1) is 13.8. The molecule has 2 heterocycles. The molecule has 1 fully saturated rings. The molecule has 1 aliphatic heterocycles. The lowest BCUT2D eigenvalue weighted by atomic mass is 10.0. The SMILES string of the molecule is CC(O)C1CCN(c2ccc([N+](=O)[O-])c3cnccc23)C1. The van der Waals surface area contributed by atoms with E-state index in [2.05, 4.69) is 9.88 Å². The van der Waals surface area contributed by atoms with Gasteiger partial charge in [-0.15, -0.1) is 0 Å². The second-order valence-electron chi connectivity index (χ2n) is 5.52. The summed E-state index contributed by atoms with van der Waals surface area (Å²) in [5.74, 6) is 0.247. The number of hydrogen-bond acceptors (Lipinski definition) is 5. The van der Waals surface area contributed by atoms with Crippen LogP contribution in [-0.4, -0.2) is 34.2 Å². The fraction of sp³-hybridized carbons (Fsp3) is 0.400. The molecule has 1 aromatic heterocycles. The first-order valence-electron chi connectivity index (χ1n) is 7.02. The number of nitro benzene ring substituents is 1. The minimum Gasteiger partial charge on any atom is -0.393 e. The van der Waals surface area contributed by atoms with E-state index < -0.39 is 0 Å². The van der Waals surface area contributed by atoms with Gasteiger partial charge in [0, 0.05) is 48.5 Å². The monoisotopic (exact) mass is 287 g/mol. The molecule has 6 nitrogen and oxygen atoms in total. The van der Waals surface area contributed by atoms with Gasteiger partial charge in [-0.25, -0.2) is 0 Å². The maximum absolute atomic E-state index is 11.1. The van der Waals surface area contributed by atoms with Crippen molar-refractivity contribution in [2.45, 2.75) is 19.4 Å². The number of fused-ring (bicyclic) bond motifs is 1. The van der Waals surface area contributed by atoms with Gasteiger partial charge in [0.2, 0.25) is 0 Å². The van der Waals surface area contributed by atoms with E-state index in [1.165, 1.54) is 6.07 Å². The summed E-state index contributed by atoms with van der Waals surface area (Å²) in [7, 11) is 0. The van der Waals surface area contributed by atoms with Crippen LogP contribution < -0.4 is 4.90 Å². The molecular formula is C15H17N3O3. The highest BCUT2D eigenvalue weighted by atomic mass is 16.6. The van der Waals surface area contributed by atoms with Gasteiger partial charge in [0.25, 0.3) is 5.69 Å². The third-order valence-corrected chi connectivity index (χ3v) is 4.22. The zero-order valence-corrected chi connectivity index (χ0v) is 11.8. The molecule has 2 aromatic rings. The van der Waals surface area contributed by atoms with Crippen LogP contribution in [0.5, 0.6) is 0 Å². The Hall–Kier alpha value is -2.21. The summed E-state index contributed by atoms with van der Waals surface area (Å²) < 4.78 is 0. The summed E-state index contributed by atoms with van der Waals surface area (Å²) in [5, 5.41) is 22.2. The van der Waals surface area contributed by atoms with Crippen molar-refractivity contribution in [1.82, 2.24) is 4.98 Å². The average molecular weight is 287 g/mol. The molecule has 6 heteroatoms. The summed E-state index contributed by atoms with van der Waals surface area (Å²) in [4.78, 5) is 16.9. The molecule has 0 bridgehead atoms. The number of nitrogens with zero attached hydrogens (tertiary/aromatic N) is 3. The van der Waals surface area contributed by atoms with Gasteiger partial charge in [0.1, 0.15) is 0 Å². The molecule has 3 rings (SSSR count). The maximum atomic E-state index is 11.1. The molecule has 21 heavy (non-hydrogen) atoms. The van der Waals surface area contributed by atoms with Crippen molar-refractivity contribution in [3.63, 3.8) is 0 Å². The Bertz CT molecular complexity index is 687. The molecule has 2 unspecified atom stereocenters. The molecule has 2 atom stereocenters. The smallest absolute Gasteiger partial charge is 0.278 e. The molecule has 0 spiro atoms. The number of rotatable bonds is 3. The van der Waals surface area contributed by atoms with E-state index >= 15 is 0 Å². The Morgan fingerprint density at radius 3 is 2.90 bits per heavy atom. The number of aliphatic hydroxyl groups excluding tert-OH is 1. The minimum atomic E-state index is -0.379. The van der Waals surface area contributed by atoms with Gasteiger partial charge in [-0.3, -0.25) is 15.1 Å². The summed E-state index contributed by atoms with van der Waals surface area (Å²) in [5.41, 5.74) is 1.05. The van der Waals surface area contributed by atoms with Crippen LogP contribution >= 0.6 is 0 Å². The molecule has 1 aromatic carbocycles. The topological polar surface area (TPSA) is 79.5 Å². The predicted molar refractivity (Wildman–Crippen MR) is 80.4 cm³/mol. The first-order valence-corrected chi connectivity index (χ1v) is 7.02. The van der Waals surface area contributed by atoms with E-state index in [9.17, 15) is 15.2 Å². The zero-order valence-electron chi connectivity index (χ0n) is 11.8. The predicted octanol–water partition coefficient (Wildman–Crippen LogP) is 2.35. The van der Waals surface area contributed by atoms with Crippen LogP contribution in [0.15, 0.2) is 30.6 Å². The normalized spacial score (nSPS) is 19.9. The highest BCUT2D eigenvalue weighted by Gasteiger charge is 2.28. The third-order valence-electron chi connectivity index (χ3n) is 4.22. The lowest BCUT2D eigenvalue weighted by molar-refractivity contribution is -0.383. The van der Waals surface area contributed by atoms with Gasteiger partial charge >= 0.3 is 0 Å². The van der Waals surface area contributed by atoms with Gasteiger partial charge in [-0.1, -0.05) is 0 Å². The number of aliphatic hydroxyl groups is 1. The number of aromatic nitrogens is 1. The Labute approximate surface area is 122 Å². The molecule has 0 radical (unpaired) electrons. The van der Waals surface area contributed by atoms with E-state index in [4.69, 9.17) is 0 Å². The summed E-state index contributed by atoms with van der Waals surface area (Å²) in [6, 6.07) is 5.15. The summed E-state index contributed by atoms with van der Waals surface area (Å²) >= 11 is 0. The zero-order chi connectivity index (χ0) is 15.0. The van der Waals surface area contributed by atoms with Gasteiger partial charge in [0.05, 0.1) is 16.4 Å². The Morgan fingerprint density at radius 2 is 2.24 bits per heavy atom. The van der Waals surface area contributed by atoms with Gasteiger partial charge in [-0.05, 0) is 25.5 Å². The van der Waals surface area contributed by atoms with E-state index in [1.807, 2.05) is 13.0 Å². The Kier molecular flexibility index (Phi) is 3.47. The number of nitro groups is 1. The van der Waals surface area contributed by atoms with Crippen molar-refractivity contribution in [3.8, 4) is 0 Å². The highest BCUT2D eigenvalue weighted by Crippen LogP contribution is 2.35. The summed E-state index contributed by atoms with van der Waals surface area (Å²) in [6.45, 7) is 3.43. The molecule has 0 amide bonds. The number of benzene rings is 1. The molecule has 0 aliphatic carbocycles. The summed E-state index contributed by atoms with van der Waals surface area (Å²) in [6.07, 6.45) is 3.79. The molecule has 0 saturated carbocycles. The van der Waals surface area contributed by atoms with E-state index in [1.54, 1.807) is 18.5 Å². The Morgan fingerprint density at radius 1 is 1.43 bits per heavy atom. The van der Waals surface area contributed by atoms with Crippen LogP contribution in [0.4, 0.5) is 11.4 Å².